The van der Waals surface area contributed by atoms with Crippen LogP contribution in [0.25, 0.3) is 0 Å². The fourth-order valence-corrected chi connectivity index (χ4v) is 1.49. The van der Waals surface area contributed by atoms with Crippen LogP contribution in [0.5, 0.6) is 5.75 Å². The van der Waals surface area contributed by atoms with Crippen molar-refractivity contribution >= 4 is 11.6 Å². The third-order valence-corrected chi connectivity index (χ3v) is 2.59. The molecule has 0 atom stereocenters. The number of rotatable bonds is 9. The highest BCUT2D eigenvalue weighted by atomic mass is 35.5. The van der Waals surface area contributed by atoms with Crippen molar-refractivity contribution in [3.8, 4) is 5.75 Å². The molecule has 0 unspecified atom stereocenters. The molecule has 18 heavy (non-hydrogen) atoms. The lowest BCUT2D eigenvalue weighted by atomic mass is 10.3. The summed E-state index contributed by atoms with van der Waals surface area (Å²) >= 11 is 5.57. The molecule has 0 aliphatic heterocycles. The van der Waals surface area contributed by atoms with Crippen LogP contribution in [-0.2, 0) is 4.74 Å². The standard InChI is InChI=1S/C13H19ClFNO2/c1-2-17-8-3-6-16-7-9-18-11-4-5-12(14)13(15)10-11/h4-5,10,16H,2-3,6-9H2,1H3. The van der Waals surface area contributed by atoms with Gasteiger partial charge in [-0.25, -0.2) is 4.39 Å². The van der Waals surface area contributed by atoms with E-state index in [1.54, 1.807) is 6.07 Å². The zero-order chi connectivity index (χ0) is 13.2. The van der Waals surface area contributed by atoms with Crippen LogP contribution in [0.1, 0.15) is 13.3 Å². The number of ether oxygens (including phenoxy) is 2. The molecular formula is C13H19ClFNO2. The van der Waals surface area contributed by atoms with Crippen LogP contribution >= 0.6 is 11.6 Å². The van der Waals surface area contributed by atoms with Gasteiger partial charge in [-0.15, -0.1) is 0 Å². The molecule has 3 nitrogen and oxygen atoms in total. The maximum Gasteiger partial charge on any atom is 0.145 e. The van der Waals surface area contributed by atoms with Gasteiger partial charge >= 0.3 is 0 Å². The highest BCUT2D eigenvalue weighted by Crippen LogP contribution is 2.20. The maximum absolute atomic E-state index is 13.1. The van der Waals surface area contributed by atoms with Gasteiger partial charge in [-0.2, -0.15) is 0 Å². The average Bonchev–Trinajstić information content (AvgIpc) is 2.37. The Morgan fingerprint density at radius 2 is 2.11 bits per heavy atom. The van der Waals surface area contributed by atoms with E-state index in [0.717, 1.165) is 32.7 Å². The second kappa shape index (κ2) is 9.14. The molecule has 0 saturated heterocycles. The van der Waals surface area contributed by atoms with Crippen molar-refractivity contribution < 1.29 is 13.9 Å². The van der Waals surface area contributed by atoms with E-state index < -0.39 is 5.82 Å². The molecule has 102 valence electrons. The van der Waals surface area contributed by atoms with E-state index in [-0.39, 0.29) is 5.02 Å². The number of hydrogen-bond donors (Lipinski definition) is 1. The zero-order valence-corrected chi connectivity index (χ0v) is 11.3. The molecule has 0 fully saturated rings. The lowest BCUT2D eigenvalue weighted by Crippen LogP contribution is -2.23. The Balaban J connectivity index is 2.05. The minimum absolute atomic E-state index is 0.108. The molecule has 0 bridgehead atoms. The fourth-order valence-electron chi connectivity index (χ4n) is 1.38. The predicted molar refractivity (Wildman–Crippen MR) is 70.9 cm³/mol. The molecule has 1 rings (SSSR count). The summed E-state index contributed by atoms with van der Waals surface area (Å²) in [7, 11) is 0. The average molecular weight is 276 g/mol. The van der Waals surface area contributed by atoms with Gasteiger partial charge in [0.05, 0.1) is 5.02 Å². The minimum Gasteiger partial charge on any atom is -0.492 e. The molecule has 0 amide bonds. The molecule has 0 saturated carbocycles. The predicted octanol–water partition coefficient (Wildman–Crippen LogP) is 2.87. The van der Waals surface area contributed by atoms with Crippen molar-refractivity contribution in [2.24, 2.45) is 0 Å². The first-order chi connectivity index (χ1) is 8.74. The first-order valence-corrected chi connectivity index (χ1v) is 6.48. The first kappa shape index (κ1) is 15.2. The Bertz CT molecular complexity index is 350. The Morgan fingerprint density at radius 1 is 1.28 bits per heavy atom. The van der Waals surface area contributed by atoms with Gasteiger partial charge < -0.3 is 14.8 Å². The van der Waals surface area contributed by atoms with Gasteiger partial charge in [0, 0.05) is 25.8 Å². The summed E-state index contributed by atoms with van der Waals surface area (Å²) in [6, 6.07) is 4.43. The van der Waals surface area contributed by atoms with Gasteiger partial charge in [0.25, 0.3) is 0 Å². The summed E-state index contributed by atoms with van der Waals surface area (Å²) in [5.74, 6) is 0.0341. The second-order valence-electron chi connectivity index (χ2n) is 3.72. The molecule has 0 aromatic heterocycles. The lowest BCUT2D eigenvalue weighted by Gasteiger charge is -2.08. The number of nitrogens with one attached hydrogen (secondary N) is 1. The summed E-state index contributed by atoms with van der Waals surface area (Å²) in [5, 5.41) is 3.32. The van der Waals surface area contributed by atoms with E-state index in [1.807, 2.05) is 6.92 Å². The van der Waals surface area contributed by atoms with Gasteiger partial charge in [0.1, 0.15) is 18.2 Å². The Kier molecular flexibility index (Phi) is 7.73. The van der Waals surface area contributed by atoms with Crippen LogP contribution in [-0.4, -0.2) is 32.9 Å². The minimum atomic E-state index is -0.459. The highest BCUT2D eigenvalue weighted by Gasteiger charge is 2.01. The van der Waals surface area contributed by atoms with Gasteiger partial charge in [-0.1, -0.05) is 11.6 Å². The molecule has 0 spiro atoms. The molecule has 1 aromatic carbocycles. The van der Waals surface area contributed by atoms with E-state index in [9.17, 15) is 4.39 Å². The zero-order valence-electron chi connectivity index (χ0n) is 10.5. The number of benzene rings is 1. The van der Waals surface area contributed by atoms with Crippen LogP contribution < -0.4 is 10.1 Å². The number of hydrogen-bond acceptors (Lipinski definition) is 3. The van der Waals surface area contributed by atoms with Gasteiger partial charge in [-0.05, 0) is 32.0 Å². The third-order valence-electron chi connectivity index (χ3n) is 2.28. The summed E-state index contributed by atoms with van der Waals surface area (Å²) in [5.41, 5.74) is 0. The fraction of sp³-hybridized carbons (Fsp3) is 0.538. The van der Waals surface area contributed by atoms with Crippen LogP contribution in [0, 0.1) is 5.82 Å². The van der Waals surface area contributed by atoms with Gasteiger partial charge in [0.15, 0.2) is 0 Å². The van der Waals surface area contributed by atoms with Crippen LogP contribution in [0.3, 0.4) is 0 Å². The van der Waals surface area contributed by atoms with E-state index in [4.69, 9.17) is 21.1 Å². The molecule has 5 heteroatoms. The third kappa shape index (κ3) is 6.19. The van der Waals surface area contributed by atoms with E-state index >= 15 is 0 Å². The second-order valence-corrected chi connectivity index (χ2v) is 4.13. The van der Waals surface area contributed by atoms with Crippen molar-refractivity contribution in [1.82, 2.24) is 5.32 Å². The first-order valence-electron chi connectivity index (χ1n) is 6.10. The Labute approximate surface area is 112 Å². The topological polar surface area (TPSA) is 30.5 Å². The largest absolute Gasteiger partial charge is 0.492 e. The summed E-state index contributed by atoms with van der Waals surface area (Å²) in [4.78, 5) is 0. The quantitative estimate of drug-likeness (QED) is 0.703. The molecule has 1 N–H and O–H groups in total. The molecule has 0 heterocycles. The Hall–Kier alpha value is -0.840. The lowest BCUT2D eigenvalue weighted by molar-refractivity contribution is 0.144. The van der Waals surface area contributed by atoms with Crippen LogP contribution in [0.2, 0.25) is 5.02 Å². The van der Waals surface area contributed by atoms with E-state index in [2.05, 4.69) is 5.32 Å². The molecule has 0 aliphatic carbocycles. The Morgan fingerprint density at radius 3 is 2.83 bits per heavy atom. The summed E-state index contributed by atoms with van der Waals surface area (Å²) in [6.07, 6.45) is 0.976. The molecular weight excluding hydrogens is 257 g/mol. The van der Waals surface area contributed by atoms with Crippen molar-refractivity contribution in [3.05, 3.63) is 29.0 Å². The monoisotopic (exact) mass is 275 g/mol. The van der Waals surface area contributed by atoms with Crippen LogP contribution in [0.15, 0.2) is 18.2 Å². The van der Waals surface area contributed by atoms with Crippen molar-refractivity contribution in [3.63, 3.8) is 0 Å². The highest BCUT2D eigenvalue weighted by molar-refractivity contribution is 6.30. The summed E-state index contributed by atoms with van der Waals surface area (Å²) in [6.45, 7) is 5.61. The number of halogens is 2. The molecule has 1 aromatic rings. The van der Waals surface area contributed by atoms with Crippen molar-refractivity contribution in [2.45, 2.75) is 13.3 Å². The maximum atomic E-state index is 13.1. The SMILES string of the molecule is CCOCCCNCCOc1ccc(Cl)c(F)c1. The van der Waals surface area contributed by atoms with E-state index in [1.165, 1.54) is 12.1 Å². The van der Waals surface area contributed by atoms with Crippen molar-refractivity contribution in [1.29, 1.82) is 0 Å². The molecule has 0 radical (unpaired) electrons. The summed E-state index contributed by atoms with van der Waals surface area (Å²) < 4.78 is 23.7. The van der Waals surface area contributed by atoms with Gasteiger partial charge in [-0.3, -0.25) is 0 Å². The van der Waals surface area contributed by atoms with Crippen molar-refractivity contribution in [2.75, 3.05) is 32.9 Å². The normalized spacial score (nSPS) is 10.6. The molecule has 0 aliphatic rings. The van der Waals surface area contributed by atoms with Crippen LogP contribution in [0.4, 0.5) is 4.39 Å². The smallest absolute Gasteiger partial charge is 0.145 e. The van der Waals surface area contributed by atoms with E-state index in [0.29, 0.717) is 12.4 Å². The van der Waals surface area contributed by atoms with Gasteiger partial charge in [0.2, 0.25) is 0 Å².